The summed E-state index contributed by atoms with van der Waals surface area (Å²) in [5, 5.41) is 2.86. The average molecular weight is 217 g/mol. The van der Waals surface area contributed by atoms with Crippen molar-refractivity contribution in [2.75, 3.05) is 34.0 Å². The van der Waals surface area contributed by atoms with E-state index in [9.17, 15) is 4.79 Å². The van der Waals surface area contributed by atoms with Crippen LogP contribution < -0.4 is 5.32 Å². The number of carbonyl (C=O) groups excluding carboxylic acids is 1. The molecule has 4 nitrogen and oxygen atoms in total. The van der Waals surface area contributed by atoms with E-state index in [-0.39, 0.29) is 5.91 Å². The van der Waals surface area contributed by atoms with Crippen LogP contribution in [0.25, 0.3) is 0 Å². The minimum Gasteiger partial charge on any atom is -0.385 e. The highest BCUT2D eigenvalue weighted by Gasteiger charge is 1.99. The standard InChI is InChI=1S/C11H23NO3/c1-14-9-5-3-4-7-11(13)12-8-6-10-15-2/h3-10H2,1-2H3,(H,12,13). The van der Waals surface area contributed by atoms with E-state index in [4.69, 9.17) is 9.47 Å². The summed E-state index contributed by atoms with van der Waals surface area (Å²) in [6.45, 7) is 2.20. The van der Waals surface area contributed by atoms with Gasteiger partial charge in [-0.3, -0.25) is 4.79 Å². The second-order valence-corrected chi connectivity index (χ2v) is 3.50. The molecule has 0 atom stereocenters. The predicted octanol–water partition coefficient (Wildman–Crippen LogP) is 1.35. The number of ether oxygens (including phenoxy) is 2. The van der Waals surface area contributed by atoms with Crippen molar-refractivity contribution in [3.05, 3.63) is 0 Å². The van der Waals surface area contributed by atoms with E-state index in [0.717, 1.165) is 32.3 Å². The monoisotopic (exact) mass is 217 g/mol. The first-order chi connectivity index (χ1) is 7.31. The van der Waals surface area contributed by atoms with Crippen LogP contribution in [0.4, 0.5) is 0 Å². The van der Waals surface area contributed by atoms with Gasteiger partial charge in [0.25, 0.3) is 0 Å². The van der Waals surface area contributed by atoms with Crippen LogP contribution >= 0.6 is 0 Å². The van der Waals surface area contributed by atoms with Crippen LogP contribution in [-0.2, 0) is 14.3 Å². The molecule has 0 rings (SSSR count). The van der Waals surface area contributed by atoms with E-state index in [1.54, 1.807) is 14.2 Å². The van der Waals surface area contributed by atoms with E-state index in [1.165, 1.54) is 0 Å². The maximum Gasteiger partial charge on any atom is 0.219 e. The van der Waals surface area contributed by atoms with Crippen molar-refractivity contribution >= 4 is 5.91 Å². The molecule has 0 radical (unpaired) electrons. The molecule has 1 N–H and O–H groups in total. The third-order valence-corrected chi connectivity index (χ3v) is 2.10. The summed E-state index contributed by atoms with van der Waals surface area (Å²) in [6.07, 6.45) is 4.54. The van der Waals surface area contributed by atoms with Gasteiger partial charge in [0.2, 0.25) is 5.91 Å². The maximum atomic E-state index is 11.3. The van der Waals surface area contributed by atoms with Crippen molar-refractivity contribution in [3.63, 3.8) is 0 Å². The largest absolute Gasteiger partial charge is 0.385 e. The molecule has 15 heavy (non-hydrogen) atoms. The van der Waals surface area contributed by atoms with Crippen LogP contribution in [0.2, 0.25) is 0 Å². The third kappa shape index (κ3) is 11.3. The molecule has 0 aromatic heterocycles. The number of nitrogens with one attached hydrogen (secondary N) is 1. The predicted molar refractivity (Wildman–Crippen MR) is 59.8 cm³/mol. The molecule has 0 saturated carbocycles. The Hall–Kier alpha value is -0.610. The molecular weight excluding hydrogens is 194 g/mol. The Morgan fingerprint density at radius 1 is 1.00 bits per heavy atom. The van der Waals surface area contributed by atoms with Gasteiger partial charge in [0.1, 0.15) is 0 Å². The Labute approximate surface area is 92.3 Å². The summed E-state index contributed by atoms with van der Waals surface area (Å²) in [7, 11) is 3.36. The molecule has 0 heterocycles. The molecule has 0 aliphatic heterocycles. The average Bonchev–Trinajstić information content (AvgIpc) is 2.24. The smallest absolute Gasteiger partial charge is 0.219 e. The molecule has 90 valence electrons. The molecule has 0 aliphatic rings. The highest BCUT2D eigenvalue weighted by atomic mass is 16.5. The van der Waals surface area contributed by atoms with Crippen molar-refractivity contribution in [1.82, 2.24) is 5.32 Å². The first-order valence-corrected chi connectivity index (χ1v) is 5.56. The highest BCUT2D eigenvalue weighted by molar-refractivity contribution is 5.75. The molecular formula is C11H23NO3. The van der Waals surface area contributed by atoms with Crippen LogP contribution in [0.5, 0.6) is 0 Å². The molecule has 0 aromatic rings. The lowest BCUT2D eigenvalue weighted by Crippen LogP contribution is -2.24. The summed E-state index contributed by atoms with van der Waals surface area (Å²) >= 11 is 0. The first kappa shape index (κ1) is 14.4. The quantitative estimate of drug-likeness (QED) is 0.562. The van der Waals surface area contributed by atoms with Gasteiger partial charge < -0.3 is 14.8 Å². The lowest BCUT2D eigenvalue weighted by atomic mass is 10.2. The second-order valence-electron chi connectivity index (χ2n) is 3.50. The fraction of sp³-hybridized carbons (Fsp3) is 0.909. The molecule has 0 unspecified atom stereocenters. The van der Waals surface area contributed by atoms with Gasteiger partial charge in [-0.25, -0.2) is 0 Å². The van der Waals surface area contributed by atoms with Crippen LogP contribution in [0, 0.1) is 0 Å². The van der Waals surface area contributed by atoms with Crippen LogP contribution in [0.1, 0.15) is 32.1 Å². The van der Waals surface area contributed by atoms with Crippen LogP contribution in [0.3, 0.4) is 0 Å². The van der Waals surface area contributed by atoms with Gasteiger partial charge in [-0.15, -0.1) is 0 Å². The molecule has 0 aliphatic carbocycles. The molecule has 0 spiro atoms. The molecule has 0 bridgehead atoms. The zero-order valence-electron chi connectivity index (χ0n) is 9.88. The third-order valence-electron chi connectivity index (χ3n) is 2.10. The summed E-state index contributed by atoms with van der Waals surface area (Å²) < 4.78 is 9.81. The van der Waals surface area contributed by atoms with Crippen molar-refractivity contribution in [1.29, 1.82) is 0 Å². The topological polar surface area (TPSA) is 47.6 Å². The molecule has 4 heteroatoms. The lowest BCUT2D eigenvalue weighted by Gasteiger charge is -2.04. The van der Waals surface area contributed by atoms with Crippen LogP contribution in [0.15, 0.2) is 0 Å². The number of amides is 1. The van der Waals surface area contributed by atoms with E-state index in [0.29, 0.717) is 19.6 Å². The number of methoxy groups -OCH3 is 2. The summed E-state index contributed by atoms with van der Waals surface area (Å²) in [6, 6.07) is 0. The Bertz CT molecular complexity index is 151. The summed E-state index contributed by atoms with van der Waals surface area (Å²) in [5.41, 5.74) is 0. The Balaban J connectivity index is 3.11. The molecule has 1 amide bonds. The van der Waals surface area contributed by atoms with Crippen molar-refractivity contribution in [3.8, 4) is 0 Å². The fourth-order valence-corrected chi connectivity index (χ4v) is 1.24. The minimum atomic E-state index is 0.142. The van der Waals surface area contributed by atoms with Crippen LogP contribution in [-0.4, -0.2) is 39.9 Å². The lowest BCUT2D eigenvalue weighted by molar-refractivity contribution is -0.121. The number of hydrogen-bond acceptors (Lipinski definition) is 3. The van der Waals surface area contributed by atoms with Gasteiger partial charge in [-0.2, -0.15) is 0 Å². The van der Waals surface area contributed by atoms with Gasteiger partial charge in [-0.1, -0.05) is 6.42 Å². The molecule has 0 aromatic carbocycles. The fourth-order valence-electron chi connectivity index (χ4n) is 1.24. The zero-order valence-corrected chi connectivity index (χ0v) is 9.88. The maximum absolute atomic E-state index is 11.3. The SMILES string of the molecule is COCCCCCC(=O)NCCCOC. The van der Waals surface area contributed by atoms with Gasteiger partial charge in [0.15, 0.2) is 0 Å². The van der Waals surface area contributed by atoms with E-state index < -0.39 is 0 Å². The Morgan fingerprint density at radius 2 is 1.67 bits per heavy atom. The van der Waals surface area contributed by atoms with E-state index in [1.807, 2.05) is 0 Å². The highest BCUT2D eigenvalue weighted by Crippen LogP contribution is 1.99. The van der Waals surface area contributed by atoms with Crippen molar-refractivity contribution < 1.29 is 14.3 Å². The molecule has 0 saturated heterocycles. The van der Waals surface area contributed by atoms with Gasteiger partial charge in [0.05, 0.1) is 0 Å². The van der Waals surface area contributed by atoms with Gasteiger partial charge in [0, 0.05) is 40.4 Å². The normalized spacial score (nSPS) is 10.3. The van der Waals surface area contributed by atoms with Crippen molar-refractivity contribution in [2.45, 2.75) is 32.1 Å². The minimum absolute atomic E-state index is 0.142. The Kier molecular flexibility index (Phi) is 11.0. The molecule has 0 fully saturated rings. The number of unbranched alkanes of at least 4 members (excludes halogenated alkanes) is 2. The first-order valence-electron chi connectivity index (χ1n) is 5.56. The zero-order chi connectivity index (χ0) is 11.4. The Morgan fingerprint density at radius 3 is 2.33 bits per heavy atom. The van der Waals surface area contributed by atoms with E-state index >= 15 is 0 Å². The summed E-state index contributed by atoms with van der Waals surface area (Å²) in [4.78, 5) is 11.3. The van der Waals surface area contributed by atoms with Crippen molar-refractivity contribution in [2.24, 2.45) is 0 Å². The number of hydrogen-bond donors (Lipinski definition) is 1. The summed E-state index contributed by atoms with van der Waals surface area (Å²) in [5.74, 6) is 0.142. The van der Waals surface area contributed by atoms with Gasteiger partial charge >= 0.3 is 0 Å². The van der Waals surface area contributed by atoms with E-state index in [2.05, 4.69) is 5.32 Å². The van der Waals surface area contributed by atoms with Gasteiger partial charge in [-0.05, 0) is 19.3 Å². The number of rotatable bonds is 10. The number of carbonyl (C=O) groups is 1. The second kappa shape index (κ2) is 11.5.